The number of allylic oxidation sites excluding steroid dienone is 5. The van der Waals surface area contributed by atoms with E-state index in [1.807, 2.05) is 0 Å². The molecule has 0 amide bonds. The quantitative estimate of drug-likeness (QED) is 0.176. The molecule has 9 aromatic carbocycles. The Labute approximate surface area is 462 Å². The molecule has 0 spiro atoms. The lowest BCUT2D eigenvalue weighted by molar-refractivity contribution is 0.394. The Morgan fingerprint density at radius 1 is 0.438 bits per heavy atom. The van der Waals surface area contributed by atoms with E-state index >= 15 is 0 Å². The molecule has 80 heavy (non-hydrogen) atoms. The van der Waals surface area contributed by atoms with Gasteiger partial charge in [0.05, 0.1) is 61.4 Å². The normalized spacial score (nSPS) is 17.2. The van der Waals surface area contributed by atoms with Crippen LogP contribution in [0.3, 0.4) is 0 Å². The molecule has 2 atom stereocenters. The molecular formula is C74H52N6. The van der Waals surface area contributed by atoms with Gasteiger partial charge in [-0.25, -0.2) is 0 Å². The molecule has 0 aliphatic heterocycles. The van der Waals surface area contributed by atoms with Crippen molar-refractivity contribution in [1.29, 1.82) is 10.5 Å². The minimum absolute atomic E-state index is 0.129. The SMILES string of the molecule is CC1(C)c2ccccc2-c2cc3c(cc21)c1ccccc1n3-c1c(C#N)c(-n2c3ccccc3c3ccccc32)c(C#N)c(-n2c3ccccc3c3cc4c(cc32)C2C=CC=CC2C4(C)C)c1-n1c2c(c3ccccc31)C=CCC2. The number of nitrogens with zero attached hydrogens (tertiary/aromatic N) is 6. The number of hydrogen-bond acceptors (Lipinski definition) is 2. The Hall–Kier alpha value is -9.88. The summed E-state index contributed by atoms with van der Waals surface area (Å²) < 4.78 is 9.53. The number of rotatable bonds is 4. The topological polar surface area (TPSA) is 67.3 Å². The van der Waals surface area contributed by atoms with Crippen LogP contribution in [0.4, 0.5) is 0 Å². The number of fused-ring (bicyclic) bond motifs is 18. The van der Waals surface area contributed by atoms with Crippen molar-refractivity contribution in [3.05, 3.63) is 245 Å². The van der Waals surface area contributed by atoms with Crippen molar-refractivity contribution in [3.63, 3.8) is 0 Å². The van der Waals surface area contributed by atoms with Gasteiger partial charge in [-0.15, -0.1) is 0 Å². The summed E-state index contributed by atoms with van der Waals surface area (Å²) in [7, 11) is 0. The summed E-state index contributed by atoms with van der Waals surface area (Å²) in [5.74, 6) is 0.476. The highest BCUT2D eigenvalue weighted by Gasteiger charge is 2.46. The van der Waals surface area contributed by atoms with Crippen LogP contribution >= 0.6 is 0 Å². The smallest absolute Gasteiger partial charge is 0.104 e. The van der Waals surface area contributed by atoms with E-state index in [2.05, 4.69) is 264 Å². The molecule has 378 valence electrons. The van der Waals surface area contributed by atoms with Crippen LogP contribution < -0.4 is 0 Å². The maximum Gasteiger partial charge on any atom is 0.104 e. The number of nitriles is 2. The minimum atomic E-state index is -0.246. The fraction of sp³-hybridized carbons (Fsp3) is 0.135. The summed E-state index contributed by atoms with van der Waals surface area (Å²) in [6.45, 7) is 9.49. The van der Waals surface area contributed by atoms with E-state index in [4.69, 9.17) is 0 Å². The van der Waals surface area contributed by atoms with Crippen molar-refractivity contribution in [1.82, 2.24) is 18.3 Å². The van der Waals surface area contributed by atoms with Crippen LogP contribution in [0.1, 0.15) is 84.7 Å². The van der Waals surface area contributed by atoms with Crippen molar-refractivity contribution in [2.45, 2.75) is 57.3 Å². The second-order valence-corrected chi connectivity index (χ2v) is 23.7. The summed E-state index contributed by atoms with van der Waals surface area (Å²) in [4.78, 5) is 0. The van der Waals surface area contributed by atoms with Gasteiger partial charge >= 0.3 is 0 Å². The number of hydrogen-bond donors (Lipinski definition) is 0. The van der Waals surface area contributed by atoms with Crippen LogP contribution in [-0.2, 0) is 17.3 Å². The van der Waals surface area contributed by atoms with E-state index in [-0.39, 0.29) is 16.7 Å². The molecule has 2 unspecified atom stereocenters. The van der Waals surface area contributed by atoms with E-state index in [0.29, 0.717) is 22.7 Å². The molecular weight excluding hydrogens is 973 g/mol. The molecule has 0 bridgehead atoms. The molecule has 0 saturated heterocycles. The van der Waals surface area contributed by atoms with Crippen LogP contribution in [-0.4, -0.2) is 18.3 Å². The van der Waals surface area contributed by atoms with Gasteiger partial charge in [0, 0.05) is 60.3 Å². The summed E-state index contributed by atoms with van der Waals surface area (Å²) in [5.41, 5.74) is 20.1. The Kier molecular flexibility index (Phi) is 8.97. The standard InChI is InChI=1S/C74H52N6/c1-73(2)57-29-13-5-21-43(57)51-39-67-53(37-59(51)73)49-27-11-19-35-65(49)79(67)70-55(41-75)69(77-61-31-15-7-23-45(61)46-24-8-16-32-62(46)77)56(42-76)71(72(70)78-63-33-17-9-25-47(63)48-26-10-18-34-64(48)78)80-66-36-20-12-28-50(66)54-38-60-52(40-68(54)80)44-22-6-14-30-58(44)74(60,3)4/h5-17,19-33,35-40,43,57H,18,34H2,1-4H3. The third-order valence-electron chi connectivity index (χ3n) is 19.2. The van der Waals surface area contributed by atoms with Crippen LogP contribution in [0.25, 0.3) is 116 Å². The summed E-state index contributed by atoms with van der Waals surface area (Å²) in [5, 5.41) is 33.2. The fourth-order valence-corrected chi connectivity index (χ4v) is 15.7. The van der Waals surface area contributed by atoms with Crippen molar-refractivity contribution >= 4 is 82.4 Å². The summed E-state index contributed by atoms with van der Waals surface area (Å²) in [6.07, 6.45) is 15.4. The first-order valence-corrected chi connectivity index (χ1v) is 28.1. The van der Waals surface area contributed by atoms with Gasteiger partial charge in [0.25, 0.3) is 0 Å². The fourth-order valence-electron chi connectivity index (χ4n) is 15.7. The first-order chi connectivity index (χ1) is 39.2. The van der Waals surface area contributed by atoms with Gasteiger partial charge in [0.15, 0.2) is 0 Å². The average molecular weight is 1030 g/mol. The third-order valence-corrected chi connectivity index (χ3v) is 19.2. The van der Waals surface area contributed by atoms with Gasteiger partial charge in [-0.05, 0) is 112 Å². The van der Waals surface area contributed by atoms with Crippen LogP contribution in [0.15, 0.2) is 200 Å². The van der Waals surface area contributed by atoms with Crippen molar-refractivity contribution in [2.24, 2.45) is 5.92 Å². The Morgan fingerprint density at radius 2 is 0.925 bits per heavy atom. The highest BCUT2D eigenvalue weighted by Crippen LogP contribution is 2.57. The molecule has 0 fully saturated rings. The van der Waals surface area contributed by atoms with E-state index in [1.54, 1.807) is 0 Å². The molecule has 0 saturated carbocycles. The van der Waals surface area contributed by atoms with Crippen LogP contribution in [0, 0.1) is 28.6 Å². The zero-order chi connectivity index (χ0) is 53.5. The van der Waals surface area contributed by atoms with Gasteiger partial charge in [-0.3, -0.25) is 0 Å². The second-order valence-electron chi connectivity index (χ2n) is 23.7. The molecule has 17 rings (SSSR count). The molecule has 6 heteroatoms. The van der Waals surface area contributed by atoms with Gasteiger partial charge in [0.2, 0.25) is 0 Å². The monoisotopic (exact) mass is 1020 g/mol. The van der Waals surface area contributed by atoms with E-state index in [9.17, 15) is 10.5 Å². The average Bonchev–Trinajstić information content (AvgIpc) is 4.46. The maximum absolute atomic E-state index is 12.7. The largest absolute Gasteiger partial charge is 0.309 e. The molecule has 13 aromatic rings. The van der Waals surface area contributed by atoms with Gasteiger partial charge in [-0.2, -0.15) is 10.5 Å². The third kappa shape index (κ3) is 5.60. The summed E-state index contributed by atoms with van der Waals surface area (Å²) >= 11 is 0. The lowest BCUT2D eigenvalue weighted by atomic mass is 9.74. The zero-order valence-corrected chi connectivity index (χ0v) is 44.9. The van der Waals surface area contributed by atoms with Crippen LogP contribution in [0.2, 0.25) is 0 Å². The van der Waals surface area contributed by atoms with Crippen molar-refractivity contribution in [2.75, 3.05) is 0 Å². The molecule has 4 aliphatic carbocycles. The molecule has 6 nitrogen and oxygen atoms in total. The van der Waals surface area contributed by atoms with Gasteiger partial charge < -0.3 is 18.3 Å². The Morgan fingerprint density at radius 3 is 1.52 bits per heavy atom. The highest BCUT2D eigenvalue weighted by atomic mass is 15.1. The molecule has 4 heterocycles. The van der Waals surface area contributed by atoms with Gasteiger partial charge in [0.1, 0.15) is 23.3 Å². The molecule has 4 aliphatic rings. The molecule has 0 N–H and O–H groups in total. The first-order valence-electron chi connectivity index (χ1n) is 28.1. The van der Waals surface area contributed by atoms with Crippen molar-refractivity contribution in [3.8, 4) is 46.0 Å². The highest BCUT2D eigenvalue weighted by molar-refractivity contribution is 6.15. The first kappa shape index (κ1) is 45.2. The number of aromatic nitrogens is 4. The predicted molar refractivity (Wildman–Crippen MR) is 328 cm³/mol. The Bertz CT molecular complexity index is 5120. The van der Waals surface area contributed by atoms with E-state index in [0.717, 1.165) is 117 Å². The Balaban J connectivity index is 1.16. The molecule has 4 aromatic heterocycles. The predicted octanol–water partition coefficient (Wildman–Crippen LogP) is 18.0. The molecule has 0 radical (unpaired) electrons. The lowest BCUT2D eigenvalue weighted by Gasteiger charge is -2.29. The van der Waals surface area contributed by atoms with Crippen molar-refractivity contribution < 1.29 is 0 Å². The van der Waals surface area contributed by atoms with E-state index < -0.39 is 0 Å². The number of para-hydroxylation sites is 5. The van der Waals surface area contributed by atoms with Gasteiger partial charge in [-0.1, -0.05) is 179 Å². The minimum Gasteiger partial charge on any atom is -0.309 e. The van der Waals surface area contributed by atoms with E-state index in [1.165, 1.54) is 33.4 Å². The second kappa shape index (κ2) is 15.9. The summed E-state index contributed by atoms with van der Waals surface area (Å²) in [6, 6.07) is 67.7. The zero-order valence-electron chi connectivity index (χ0n) is 44.9. The van der Waals surface area contributed by atoms with Crippen LogP contribution in [0.5, 0.6) is 0 Å². The lowest BCUT2D eigenvalue weighted by Crippen LogP contribution is -2.24. The number of benzene rings is 9. The maximum atomic E-state index is 12.7.